The second kappa shape index (κ2) is 12.2. The Morgan fingerprint density at radius 3 is 2.17 bits per heavy atom. The quantitative estimate of drug-likeness (QED) is 0.199. The normalized spacial score (nSPS) is 13.2. The van der Waals surface area contributed by atoms with Gasteiger partial charge >= 0.3 is 6.18 Å². The number of aliphatic imine (C=N–C) groups is 1. The van der Waals surface area contributed by atoms with Gasteiger partial charge in [0.25, 0.3) is 5.91 Å². The number of amides is 1. The van der Waals surface area contributed by atoms with Crippen molar-refractivity contribution in [2.45, 2.75) is 25.6 Å². The Balaban J connectivity index is 0.00000784. The van der Waals surface area contributed by atoms with Crippen molar-refractivity contribution in [3.8, 4) is 0 Å². The molecule has 0 aliphatic heterocycles. The van der Waals surface area contributed by atoms with Crippen LogP contribution in [0.15, 0.2) is 29.3 Å². The summed E-state index contributed by atoms with van der Waals surface area (Å²) < 4.78 is 59.9. The Hall–Kier alpha value is -1.57. The zero-order chi connectivity index (χ0) is 21.4. The van der Waals surface area contributed by atoms with Crippen molar-refractivity contribution < 1.29 is 26.4 Å². The summed E-state index contributed by atoms with van der Waals surface area (Å²) in [6.45, 7) is 2.37. The SMILES string of the molecule is CN=C(NCCNC(=O)c1ccc(C(F)(F)F)cc1)NC(C)CCS(C)(=O)=O.I. The van der Waals surface area contributed by atoms with Crippen LogP contribution in [-0.4, -0.2) is 58.5 Å². The summed E-state index contributed by atoms with van der Waals surface area (Å²) in [5.74, 6) is 0.0196. The maximum atomic E-state index is 12.5. The van der Waals surface area contributed by atoms with E-state index in [0.29, 0.717) is 18.9 Å². The van der Waals surface area contributed by atoms with Crippen molar-refractivity contribution in [2.75, 3.05) is 32.1 Å². The van der Waals surface area contributed by atoms with Crippen LogP contribution in [0, 0.1) is 0 Å². The zero-order valence-electron chi connectivity index (χ0n) is 16.3. The van der Waals surface area contributed by atoms with Gasteiger partial charge in [-0.25, -0.2) is 8.42 Å². The van der Waals surface area contributed by atoms with Gasteiger partial charge in [-0.2, -0.15) is 13.2 Å². The van der Waals surface area contributed by atoms with Crippen LogP contribution in [0.4, 0.5) is 13.2 Å². The molecule has 3 N–H and O–H groups in total. The van der Waals surface area contributed by atoms with E-state index in [-0.39, 0.29) is 47.9 Å². The van der Waals surface area contributed by atoms with Crippen LogP contribution in [-0.2, 0) is 16.0 Å². The highest BCUT2D eigenvalue weighted by molar-refractivity contribution is 14.0. The lowest BCUT2D eigenvalue weighted by Crippen LogP contribution is -2.45. The van der Waals surface area contributed by atoms with Gasteiger partial charge in [0.15, 0.2) is 5.96 Å². The molecule has 1 amide bonds. The maximum absolute atomic E-state index is 12.5. The fraction of sp³-hybridized carbons (Fsp3) is 0.529. The van der Waals surface area contributed by atoms with Crippen LogP contribution in [0.5, 0.6) is 0 Å². The third kappa shape index (κ3) is 11.3. The number of halogens is 4. The highest BCUT2D eigenvalue weighted by Crippen LogP contribution is 2.28. The van der Waals surface area contributed by atoms with Crippen LogP contribution >= 0.6 is 24.0 Å². The van der Waals surface area contributed by atoms with Crippen LogP contribution < -0.4 is 16.0 Å². The molecule has 1 rings (SSSR count). The summed E-state index contributed by atoms with van der Waals surface area (Å²) in [5.41, 5.74) is -0.685. The maximum Gasteiger partial charge on any atom is 0.416 e. The minimum Gasteiger partial charge on any atom is -0.355 e. The molecule has 0 spiro atoms. The topological polar surface area (TPSA) is 99.7 Å². The van der Waals surface area contributed by atoms with E-state index in [2.05, 4.69) is 20.9 Å². The molecule has 166 valence electrons. The number of alkyl halides is 3. The van der Waals surface area contributed by atoms with Crippen LogP contribution in [0.25, 0.3) is 0 Å². The van der Waals surface area contributed by atoms with Gasteiger partial charge in [-0.1, -0.05) is 0 Å². The molecule has 0 heterocycles. The first-order chi connectivity index (χ1) is 12.9. The second-order valence-electron chi connectivity index (χ2n) is 6.29. The van der Waals surface area contributed by atoms with Gasteiger partial charge in [0.1, 0.15) is 9.84 Å². The molecule has 0 aromatic heterocycles. The number of hydrogen-bond donors (Lipinski definition) is 3. The number of nitrogens with zero attached hydrogens (tertiary/aromatic N) is 1. The first-order valence-electron chi connectivity index (χ1n) is 8.52. The van der Waals surface area contributed by atoms with Gasteiger partial charge in [0, 0.05) is 38.0 Å². The molecule has 0 aliphatic rings. The Labute approximate surface area is 185 Å². The monoisotopic (exact) mass is 550 g/mol. The molecule has 0 bridgehead atoms. The third-order valence-electron chi connectivity index (χ3n) is 3.71. The van der Waals surface area contributed by atoms with E-state index >= 15 is 0 Å². The summed E-state index contributed by atoms with van der Waals surface area (Å²) in [6, 6.07) is 3.83. The van der Waals surface area contributed by atoms with Crippen molar-refractivity contribution in [3.63, 3.8) is 0 Å². The first kappa shape index (κ1) is 27.4. The van der Waals surface area contributed by atoms with Crippen LogP contribution in [0.2, 0.25) is 0 Å². The summed E-state index contributed by atoms with van der Waals surface area (Å²) in [5, 5.41) is 8.58. The molecule has 0 radical (unpaired) electrons. The largest absolute Gasteiger partial charge is 0.416 e. The number of benzene rings is 1. The Morgan fingerprint density at radius 2 is 1.69 bits per heavy atom. The molecule has 1 aromatic carbocycles. The molecular formula is C17H26F3IN4O3S. The van der Waals surface area contributed by atoms with E-state index < -0.39 is 27.5 Å². The van der Waals surface area contributed by atoms with Gasteiger partial charge in [-0.15, -0.1) is 24.0 Å². The van der Waals surface area contributed by atoms with Crippen molar-refractivity contribution in [3.05, 3.63) is 35.4 Å². The highest BCUT2D eigenvalue weighted by Gasteiger charge is 2.30. The minimum atomic E-state index is -4.44. The Morgan fingerprint density at radius 1 is 1.14 bits per heavy atom. The standard InChI is InChI=1S/C17H25F3N4O3S.HI/c1-12(8-11-28(3,26)27)24-16(21-2)23-10-9-22-15(25)13-4-6-14(7-5-13)17(18,19)20;/h4-7,12H,8-11H2,1-3H3,(H,22,25)(H2,21,23,24);1H. The molecule has 7 nitrogen and oxygen atoms in total. The van der Waals surface area contributed by atoms with Gasteiger partial charge < -0.3 is 16.0 Å². The van der Waals surface area contributed by atoms with Crippen molar-refractivity contribution >= 4 is 45.7 Å². The fourth-order valence-corrected chi connectivity index (χ4v) is 2.94. The minimum absolute atomic E-state index is 0. The summed E-state index contributed by atoms with van der Waals surface area (Å²) in [6.07, 6.45) is -2.85. The lowest BCUT2D eigenvalue weighted by Gasteiger charge is -2.17. The smallest absolute Gasteiger partial charge is 0.355 e. The molecule has 0 fully saturated rings. The van der Waals surface area contributed by atoms with E-state index in [9.17, 15) is 26.4 Å². The number of nitrogens with one attached hydrogen (secondary N) is 3. The van der Waals surface area contributed by atoms with Crippen molar-refractivity contribution in [1.29, 1.82) is 0 Å². The van der Waals surface area contributed by atoms with E-state index in [1.165, 1.54) is 6.26 Å². The second-order valence-corrected chi connectivity index (χ2v) is 8.55. The van der Waals surface area contributed by atoms with Gasteiger partial charge in [0.05, 0.1) is 11.3 Å². The van der Waals surface area contributed by atoms with Crippen LogP contribution in [0.1, 0.15) is 29.3 Å². The fourth-order valence-electron chi connectivity index (χ4n) is 2.16. The van der Waals surface area contributed by atoms with Gasteiger partial charge in [-0.05, 0) is 37.6 Å². The average molecular weight is 550 g/mol. The van der Waals surface area contributed by atoms with E-state index in [1.807, 2.05) is 6.92 Å². The van der Waals surface area contributed by atoms with E-state index in [4.69, 9.17) is 0 Å². The highest BCUT2D eigenvalue weighted by atomic mass is 127. The first-order valence-corrected chi connectivity index (χ1v) is 10.6. The van der Waals surface area contributed by atoms with Crippen LogP contribution in [0.3, 0.4) is 0 Å². The zero-order valence-corrected chi connectivity index (χ0v) is 19.5. The predicted octanol–water partition coefficient (Wildman–Crippen LogP) is 2.04. The molecule has 1 unspecified atom stereocenters. The number of hydrogen-bond acceptors (Lipinski definition) is 4. The molecule has 0 saturated carbocycles. The van der Waals surface area contributed by atoms with Crippen molar-refractivity contribution in [2.24, 2.45) is 4.99 Å². The third-order valence-corrected chi connectivity index (χ3v) is 4.68. The summed E-state index contributed by atoms with van der Waals surface area (Å²) in [7, 11) is -1.48. The molecule has 1 atom stereocenters. The summed E-state index contributed by atoms with van der Waals surface area (Å²) >= 11 is 0. The number of rotatable bonds is 8. The molecule has 0 aliphatic carbocycles. The summed E-state index contributed by atoms with van der Waals surface area (Å²) in [4.78, 5) is 16.0. The van der Waals surface area contributed by atoms with Gasteiger partial charge in [-0.3, -0.25) is 9.79 Å². The van der Waals surface area contributed by atoms with E-state index in [0.717, 1.165) is 24.3 Å². The lowest BCUT2D eigenvalue weighted by molar-refractivity contribution is -0.137. The molecule has 1 aromatic rings. The van der Waals surface area contributed by atoms with Crippen molar-refractivity contribution in [1.82, 2.24) is 16.0 Å². The number of sulfone groups is 1. The number of carbonyl (C=O) groups excluding carboxylic acids is 1. The molecule has 29 heavy (non-hydrogen) atoms. The molecular weight excluding hydrogens is 524 g/mol. The van der Waals surface area contributed by atoms with E-state index in [1.54, 1.807) is 7.05 Å². The Kier molecular flexibility index (Phi) is 11.5. The average Bonchev–Trinajstić information content (AvgIpc) is 2.61. The molecule has 0 saturated heterocycles. The predicted molar refractivity (Wildman–Crippen MR) is 117 cm³/mol. The number of carbonyl (C=O) groups is 1. The lowest BCUT2D eigenvalue weighted by atomic mass is 10.1. The Bertz CT molecular complexity index is 784. The van der Waals surface area contributed by atoms with Gasteiger partial charge in [0.2, 0.25) is 0 Å². The molecule has 12 heteroatoms. The number of guanidine groups is 1.